The number of hydrogen-bond acceptors (Lipinski definition) is 5. The number of carbonyl (C=O) groups excluding carboxylic acids is 1. The summed E-state index contributed by atoms with van der Waals surface area (Å²) in [6.07, 6.45) is 11.7. The Kier molecular flexibility index (Phi) is 5.17. The maximum Gasteiger partial charge on any atom is 0.251 e. The molecule has 3 heterocycles. The van der Waals surface area contributed by atoms with Crippen LogP contribution in [0.1, 0.15) is 47.3 Å². The van der Waals surface area contributed by atoms with Crippen LogP contribution in [0.3, 0.4) is 0 Å². The standard InChI is InChI=1S/C23H26N6O/c30-23(17-5-3-6-19(15-17)29-12-4-11-26-29)27-18-9-13-28(14-10-18)22-20-7-1-2-8-21(20)24-16-25-22/h3-6,11-12,15-16,18H,1-2,7-10,13-14H2,(H,27,30). The first-order chi connectivity index (χ1) is 14.8. The number of amides is 1. The van der Waals surface area contributed by atoms with Gasteiger partial charge in [0.15, 0.2) is 0 Å². The average Bonchev–Trinajstić information content (AvgIpc) is 3.34. The van der Waals surface area contributed by atoms with Crippen molar-refractivity contribution in [3.63, 3.8) is 0 Å². The smallest absolute Gasteiger partial charge is 0.251 e. The molecule has 0 bridgehead atoms. The number of anilines is 1. The molecule has 1 aliphatic heterocycles. The Morgan fingerprint density at radius 3 is 2.77 bits per heavy atom. The highest BCUT2D eigenvalue weighted by Gasteiger charge is 2.25. The van der Waals surface area contributed by atoms with Crippen LogP contribution in [0.15, 0.2) is 49.1 Å². The van der Waals surface area contributed by atoms with E-state index in [1.165, 1.54) is 24.1 Å². The molecule has 154 valence electrons. The van der Waals surface area contributed by atoms with E-state index >= 15 is 0 Å². The maximum atomic E-state index is 12.8. The third-order valence-electron chi connectivity index (χ3n) is 6.11. The molecule has 5 rings (SSSR count). The highest BCUT2D eigenvalue weighted by atomic mass is 16.1. The van der Waals surface area contributed by atoms with Crippen molar-refractivity contribution in [2.24, 2.45) is 0 Å². The van der Waals surface area contributed by atoms with Gasteiger partial charge in [0.05, 0.1) is 5.69 Å². The molecule has 2 aromatic heterocycles. The minimum atomic E-state index is -0.0260. The highest BCUT2D eigenvalue weighted by molar-refractivity contribution is 5.94. The third-order valence-corrected chi connectivity index (χ3v) is 6.11. The van der Waals surface area contributed by atoms with Crippen molar-refractivity contribution in [3.8, 4) is 5.69 Å². The van der Waals surface area contributed by atoms with Crippen molar-refractivity contribution in [2.45, 2.75) is 44.6 Å². The van der Waals surface area contributed by atoms with Crippen molar-refractivity contribution in [1.29, 1.82) is 0 Å². The fourth-order valence-corrected chi connectivity index (χ4v) is 4.49. The summed E-state index contributed by atoms with van der Waals surface area (Å²) >= 11 is 0. The van der Waals surface area contributed by atoms with Crippen LogP contribution < -0.4 is 10.2 Å². The Labute approximate surface area is 176 Å². The Balaban J connectivity index is 1.22. The predicted molar refractivity (Wildman–Crippen MR) is 115 cm³/mol. The minimum Gasteiger partial charge on any atom is -0.356 e. The summed E-state index contributed by atoms with van der Waals surface area (Å²) < 4.78 is 1.76. The summed E-state index contributed by atoms with van der Waals surface area (Å²) in [7, 11) is 0. The fourth-order valence-electron chi connectivity index (χ4n) is 4.49. The van der Waals surface area contributed by atoms with Gasteiger partial charge in [0, 0.05) is 48.3 Å². The van der Waals surface area contributed by atoms with E-state index in [0.29, 0.717) is 5.56 Å². The molecular formula is C23H26N6O. The first kappa shape index (κ1) is 18.8. The van der Waals surface area contributed by atoms with Crippen LogP contribution in [0, 0.1) is 0 Å². The van der Waals surface area contributed by atoms with Crippen LogP contribution in [0.25, 0.3) is 5.69 Å². The van der Waals surface area contributed by atoms with Crippen LogP contribution in [0.5, 0.6) is 0 Å². The van der Waals surface area contributed by atoms with Crippen LogP contribution in [-0.4, -0.2) is 44.8 Å². The van der Waals surface area contributed by atoms with E-state index in [9.17, 15) is 4.79 Å². The van der Waals surface area contributed by atoms with Gasteiger partial charge < -0.3 is 10.2 Å². The second-order valence-corrected chi connectivity index (χ2v) is 8.07. The van der Waals surface area contributed by atoms with Gasteiger partial charge >= 0.3 is 0 Å². The quantitative estimate of drug-likeness (QED) is 0.726. The molecule has 0 saturated carbocycles. The number of aryl methyl sites for hydroxylation is 1. The first-order valence-electron chi connectivity index (χ1n) is 10.8. The van der Waals surface area contributed by atoms with E-state index in [4.69, 9.17) is 0 Å². The highest BCUT2D eigenvalue weighted by Crippen LogP contribution is 2.28. The number of nitrogens with one attached hydrogen (secondary N) is 1. The van der Waals surface area contributed by atoms with Gasteiger partial charge in [-0.3, -0.25) is 4.79 Å². The molecule has 0 unspecified atom stereocenters. The van der Waals surface area contributed by atoms with Gasteiger partial charge in [0.25, 0.3) is 5.91 Å². The Hall–Kier alpha value is -3.22. The molecule has 1 saturated heterocycles. The normalized spacial score (nSPS) is 16.9. The Morgan fingerprint density at radius 1 is 1.07 bits per heavy atom. The molecular weight excluding hydrogens is 376 g/mol. The molecule has 0 spiro atoms. The molecule has 7 heteroatoms. The summed E-state index contributed by atoms with van der Waals surface area (Å²) in [5.41, 5.74) is 4.10. The molecule has 7 nitrogen and oxygen atoms in total. The van der Waals surface area contributed by atoms with Crippen LogP contribution in [0.4, 0.5) is 5.82 Å². The molecule has 1 amide bonds. The molecule has 2 aliphatic rings. The second kappa shape index (κ2) is 8.26. The van der Waals surface area contributed by atoms with Crippen molar-refractivity contribution in [1.82, 2.24) is 25.1 Å². The lowest BCUT2D eigenvalue weighted by Gasteiger charge is -2.35. The van der Waals surface area contributed by atoms with E-state index < -0.39 is 0 Å². The van der Waals surface area contributed by atoms with Crippen LogP contribution in [0.2, 0.25) is 0 Å². The SMILES string of the molecule is O=C(NC1CCN(c2ncnc3c2CCCC3)CC1)c1cccc(-n2cccn2)c1. The van der Waals surface area contributed by atoms with Gasteiger partial charge in [-0.1, -0.05) is 6.07 Å². The zero-order valence-electron chi connectivity index (χ0n) is 17.0. The fraction of sp³-hybridized carbons (Fsp3) is 0.391. The van der Waals surface area contributed by atoms with Crippen molar-refractivity contribution >= 4 is 11.7 Å². The van der Waals surface area contributed by atoms with E-state index in [1.807, 2.05) is 36.5 Å². The molecule has 0 radical (unpaired) electrons. The Morgan fingerprint density at radius 2 is 1.93 bits per heavy atom. The summed E-state index contributed by atoms with van der Waals surface area (Å²) in [6.45, 7) is 1.81. The zero-order valence-corrected chi connectivity index (χ0v) is 17.0. The van der Waals surface area contributed by atoms with E-state index in [1.54, 1.807) is 17.2 Å². The molecule has 3 aromatic rings. The molecule has 0 atom stereocenters. The number of aromatic nitrogens is 4. The molecule has 30 heavy (non-hydrogen) atoms. The van der Waals surface area contributed by atoms with Crippen LogP contribution in [-0.2, 0) is 12.8 Å². The van der Waals surface area contributed by atoms with Gasteiger partial charge in [-0.25, -0.2) is 14.6 Å². The molecule has 1 aliphatic carbocycles. The minimum absolute atomic E-state index is 0.0260. The topological polar surface area (TPSA) is 75.9 Å². The molecule has 1 N–H and O–H groups in total. The molecule has 1 fully saturated rings. The second-order valence-electron chi connectivity index (χ2n) is 8.07. The third kappa shape index (κ3) is 3.79. The predicted octanol–water partition coefficient (Wildman–Crippen LogP) is 2.94. The number of fused-ring (bicyclic) bond motifs is 1. The summed E-state index contributed by atoms with van der Waals surface area (Å²) in [4.78, 5) is 24.3. The summed E-state index contributed by atoms with van der Waals surface area (Å²) in [5, 5.41) is 7.45. The van der Waals surface area contributed by atoms with Crippen molar-refractivity contribution in [2.75, 3.05) is 18.0 Å². The van der Waals surface area contributed by atoms with E-state index in [0.717, 1.165) is 50.3 Å². The van der Waals surface area contributed by atoms with Crippen molar-refractivity contribution < 1.29 is 4.79 Å². The summed E-state index contributed by atoms with van der Waals surface area (Å²) in [6, 6.07) is 9.63. The van der Waals surface area contributed by atoms with E-state index in [-0.39, 0.29) is 11.9 Å². The van der Waals surface area contributed by atoms with Gasteiger partial charge in [-0.05, 0) is 62.8 Å². The lowest BCUT2D eigenvalue weighted by atomic mass is 9.95. The van der Waals surface area contributed by atoms with Crippen LogP contribution >= 0.6 is 0 Å². The van der Waals surface area contributed by atoms with Gasteiger partial charge in [-0.15, -0.1) is 0 Å². The number of benzene rings is 1. The zero-order chi connectivity index (χ0) is 20.3. The lowest BCUT2D eigenvalue weighted by Crippen LogP contribution is -2.45. The first-order valence-corrected chi connectivity index (χ1v) is 10.8. The summed E-state index contributed by atoms with van der Waals surface area (Å²) in [5.74, 6) is 1.08. The number of carbonyl (C=O) groups is 1. The van der Waals surface area contributed by atoms with Gasteiger partial charge in [-0.2, -0.15) is 5.10 Å². The van der Waals surface area contributed by atoms with Gasteiger partial charge in [0.2, 0.25) is 0 Å². The maximum absolute atomic E-state index is 12.8. The number of piperidine rings is 1. The molecule has 1 aromatic carbocycles. The van der Waals surface area contributed by atoms with Gasteiger partial charge in [0.1, 0.15) is 12.1 Å². The largest absolute Gasteiger partial charge is 0.356 e. The average molecular weight is 403 g/mol. The number of hydrogen-bond donors (Lipinski definition) is 1. The number of nitrogens with zero attached hydrogens (tertiary/aromatic N) is 5. The Bertz CT molecular complexity index is 1020. The number of rotatable bonds is 4. The van der Waals surface area contributed by atoms with E-state index in [2.05, 4.69) is 25.3 Å². The lowest BCUT2D eigenvalue weighted by molar-refractivity contribution is 0.0931. The monoisotopic (exact) mass is 402 g/mol. The van der Waals surface area contributed by atoms with Crippen molar-refractivity contribution in [3.05, 3.63) is 65.9 Å².